The third-order valence-electron chi connectivity index (χ3n) is 8.24. The van der Waals surface area contributed by atoms with Gasteiger partial charge in [0.15, 0.2) is 0 Å². The molecule has 0 spiro atoms. The number of carbonyl (C=O) groups excluding carboxylic acids is 3. The highest BCUT2D eigenvalue weighted by Gasteiger charge is 2.39. The molecule has 3 rings (SSSR count). The molecule has 1 saturated heterocycles. The van der Waals surface area contributed by atoms with Gasteiger partial charge in [0.2, 0.25) is 17.7 Å². The molecular weight excluding hydrogens is 528 g/mol. The SMILES string of the molecule is CCN(CC(=O)N(C(=O)[C@@H](N)CC(=O)O)[C@@H](Cc1cccc2c1CCCC2)C(=O)O)C(=O)CCCC1CCNCC1. The standard InChI is InChI=1S/C30H44N4O7/c1-2-33(26(35)12-5-7-20-13-15-32-16-14-20)19-27(36)34(29(39)24(31)18-28(37)38)25(30(40)41)17-22-10-6-9-21-8-3-4-11-23(21)22/h6,9-10,20,24-25,32H,2-5,7-8,11-19,31H2,1H3,(H,37,38)(H,40,41)/t24-,25-/m0/s1. The number of carboxylic acid groups (broad SMARTS) is 2. The fourth-order valence-electron chi connectivity index (χ4n) is 5.94. The number of benzene rings is 1. The molecule has 0 unspecified atom stereocenters. The molecule has 11 heteroatoms. The van der Waals surface area contributed by atoms with E-state index < -0.39 is 48.8 Å². The smallest absolute Gasteiger partial charge is 0.327 e. The lowest BCUT2D eigenvalue weighted by Gasteiger charge is -2.32. The maximum absolute atomic E-state index is 13.6. The van der Waals surface area contributed by atoms with Gasteiger partial charge in [-0.25, -0.2) is 4.79 Å². The van der Waals surface area contributed by atoms with E-state index in [-0.39, 0.29) is 25.3 Å². The van der Waals surface area contributed by atoms with Crippen molar-refractivity contribution in [1.29, 1.82) is 0 Å². The van der Waals surface area contributed by atoms with Crippen LogP contribution in [0.1, 0.15) is 75.0 Å². The van der Waals surface area contributed by atoms with Crippen LogP contribution in [-0.2, 0) is 43.2 Å². The molecule has 0 saturated carbocycles. The zero-order valence-electron chi connectivity index (χ0n) is 24.0. The fraction of sp³-hybridized carbons (Fsp3) is 0.633. The molecule has 0 bridgehead atoms. The van der Waals surface area contributed by atoms with Crippen molar-refractivity contribution < 1.29 is 34.2 Å². The summed E-state index contributed by atoms with van der Waals surface area (Å²) < 4.78 is 0. The first-order chi connectivity index (χ1) is 19.6. The molecule has 1 aromatic carbocycles. The van der Waals surface area contributed by atoms with Crippen molar-refractivity contribution in [3.8, 4) is 0 Å². The molecule has 0 aromatic heterocycles. The minimum atomic E-state index is -1.61. The van der Waals surface area contributed by atoms with Gasteiger partial charge in [-0.15, -0.1) is 0 Å². The number of nitrogens with one attached hydrogen (secondary N) is 1. The zero-order chi connectivity index (χ0) is 29.9. The van der Waals surface area contributed by atoms with Crippen LogP contribution in [0.2, 0.25) is 0 Å². The Morgan fingerprint density at radius 2 is 1.76 bits per heavy atom. The molecule has 1 aromatic rings. The molecule has 0 radical (unpaired) electrons. The van der Waals surface area contributed by atoms with Crippen molar-refractivity contribution in [1.82, 2.24) is 15.1 Å². The second kappa shape index (κ2) is 15.6. The van der Waals surface area contributed by atoms with Gasteiger partial charge in [0.05, 0.1) is 12.5 Å². The topological polar surface area (TPSA) is 170 Å². The molecule has 2 atom stereocenters. The molecule has 3 amide bonds. The van der Waals surface area contributed by atoms with Crippen LogP contribution in [0.15, 0.2) is 18.2 Å². The summed E-state index contributed by atoms with van der Waals surface area (Å²) >= 11 is 0. The number of aryl methyl sites for hydroxylation is 1. The molecule has 1 heterocycles. The van der Waals surface area contributed by atoms with E-state index in [1.54, 1.807) is 13.0 Å². The Balaban J connectivity index is 1.80. The van der Waals surface area contributed by atoms with Gasteiger partial charge >= 0.3 is 11.9 Å². The summed E-state index contributed by atoms with van der Waals surface area (Å²) in [5.74, 6) is -4.41. The van der Waals surface area contributed by atoms with E-state index in [2.05, 4.69) is 5.32 Å². The highest BCUT2D eigenvalue weighted by molar-refractivity contribution is 6.03. The van der Waals surface area contributed by atoms with Crippen molar-refractivity contribution >= 4 is 29.7 Å². The lowest BCUT2D eigenvalue weighted by atomic mass is 9.86. The fourth-order valence-corrected chi connectivity index (χ4v) is 5.94. The number of nitrogens with two attached hydrogens (primary N) is 1. The van der Waals surface area contributed by atoms with E-state index in [0.717, 1.165) is 74.7 Å². The molecule has 1 aliphatic heterocycles. The van der Waals surface area contributed by atoms with Gasteiger partial charge in [-0.3, -0.25) is 24.1 Å². The van der Waals surface area contributed by atoms with Gasteiger partial charge in [-0.2, -0.15) is 0 Å². The number of carboxylic acids is 2. The highest BCUT2D eigenvalue weighted by atomic mass is 16.4. The first-order valence-electron chi connectivity index (χ1n) is 14.8. The summed E-state index contributed by atoms with van der Waals surface area (Å²) in [4.78, 5) is 65.8. The number of hydrogen-bond donors (Lipinski definition) is 4. The Bertz CT molecular complexity index is 1100. The van der Waals surface area contributed by atoms with Crippen LogP contribution in [0.3, 0.4) is 0 Å². The quantitative estimate of drug-likeness (QED) is 0.259. The van der Waals surface area contributed by atoms with E-state index in [0.29, 0.717) is 17.2 Å². The van der Waals surface area contributed by atoms with Crippen molar-refractivity contribution in [2.45, 2.75) is 89.6 Å². The number of hydrogen-bond acceptors (Lipinski definition) is 7. The van der Waals surface area contributed by atoms with Crippen LogP contribution in [-0.4, -0.2) is 87.9 Å². The van der Waals surface area contributed by atoms with Gasteiger partial charge < -0.3 is 26.2 Å². The van der Waals surface area contributed by atoms with E-state index in [1.807, 2.05) is 12.1 Å². The number of likely N-dealkylation sites (N-methyl/N-ethyl adjacent to an activating group) is 1. The predicted octanol–water partition coefficient (Wildman–Crippen LogP) is 1.74. The summed E-state index contributed by atoms with van der Waals surface area (Å²) in [6, 6.07) is 2.43. The maximum Gasteiger partial charge on any atom is 0.327 e. The van der Waals surface area contributed by atoms with E-state index in [1.165, 1.54) is 4.90 Å². The minimum absolute atomic E-state index is 0.133. The average molecular weight is 573 g/mol. The predicted molar refractivity (Wildman–Crippen MR) is 152 cm³/mol. The summed E-state index contributed by atoms with van der Waals surface area (Å²) in [5, 5.41) is 22.7. The van der Waals surface area contributed by atoms with E-state index in [9.17, 15) is 34.2 Å². The largest absolute Gasteiger partial charge is 0.481 e. The highest BCUT2D eigenvalue weighted by Crippen LogP contribution is 2.26. The van der Waals surface area contributed by atoms with Crippen molar-refractivity contribution in [3.05, 3.63) is 34.9 Å². The summed E-state index contributed by atoms with van der Waals surface area (Å²) in [6.45, 7) is 3.36. The zero-order valence-corrected chi connectivity index (χ0v) is 24.0. The molecule has 11 nitrogen and oxygen atoms in total. The summed E-state index contributed by atoms with van der Waals surface area (Å²) in [7, 11) is 0. The Labute approximate surface area is 241 Å². The first kappa shape index (κ1) is 32.2. The van der Waals surface area contributed by atoms with Gasteiger partial charge in [0, 0.05) is 19.4 Å². The van der Waals surface area contributed by atoms with Gasteiger partial charge in [-0.1, -0.05) is 18.2 Å². The van der Waals surface area contributed by atoms with E-state index >= 15 is 0 Å². The Kier molecular flexibility index (Phi) is 12.3. The molecule has 1 fully saturated rings. The average Bonchev–Trinajstić information content (AvgIpc) is 2.95. The Morgan fingerprint density at radius 3 is 2.41 bits per heavy atom. The van der Waals surface area contributed by atoms with Crippen LogP contribution >= 0.6 is 0 Å². The van der Waals surface area contributed by atoms with Crippen molar-refractivity contribution in [2.75, 3.05) is 26.2 Å². The van der Waals surface area contributed by atoms with Crippen LogP contribution < -0.4 is 11.1 Å². The van der Waals surface area contributed by atoms with Crippen LogP contribution in [0.4, 0.5) is 0 Å². The number of fused-ring (bicyclic) bond motifs is 1. The second-order valence-corrected chi connectivity index (χ2v) is 11.1. The van der Waals surface area contributed by atoms with Crippen LogP contribution in [0.5, 0.6) is 0 Å². The number of rotatable bonds is 14. The molecule has 2 aliphatic rings. The second-order valence-electron chi connectivity index (χ2n) is 11.1. The van der Waals surface area contributed by atoms with Gasteiger partial charge in [0.25, 0.3) is 0 Å². The normalized spacial score (nSPS) is 16.7. The van der Waals surface area contributed by atoms with E-state index in [4.69, 9.17) is 5.73 Å². The third kappa shape index (κ3) is 9.09. The van der Waals surface area contributed by atoms with Gasteiger partial charge in [-0.05, 0) is 94.0 Å². The first-order valence-corrected chi connectivity index (χ1v) is 14.8. The van der Waals surface area contributed by atoms with Crippen LogP contribution in [0, 0.1) is 5.92 Å². The molecular formula is C30H44N4O7. The number of aliphatic carboxylic acids is 2. The molecule has 226 valence electrons. The Morgan fingerprint density at radius 1 is 1.05 bits per heavy atom. The molecule has 41 heavy (non-hydrogen) atoms. The Hall–Kier alpha value is -3.31. The lowest BCUT2D eigenvalue weighted by molar-refractivity contribution is -0.160. The number of piperidine rings is 1. The van der Waals surface area contributed by atoms with Gasteiger partial charge in [0.1, 0.15) is 12.6 Å². The maximum atomic E-state index is 13.6. The monoisotopic (exact) mass is 572 g/mol. The van der Waals surface area contributed by atoms with Crippen LogP contribution in [0.25, 0.3) is 0 Å². The third-order valence-corrected chi connectivity index (χ3v) is 8.24. The minimum Gasteiger partial charge on any atom is -0.481 e. The number of nitrogens with zero attached hydrogens (tertiary/aromatic N) is 2. The summed E-state index contributed by atoms with van der Waals surface area (Å²) in [5.41, 5.74) is 8.74. The van der Waals surface area contributed by atoms with Crippen molar-refractivity contribution in [2.24, 2.45) is 11.7 Å². The lowest BCUT2D eigenvalue weighted by Crippen LogP contribution is -2.57. The number of amides is 3. The molecule has 1 aliphatic carbocycles. The number of carbonyl (C=O) groups is 5. The number of imide groups is 1. The molecule has 5 N–H and O–H groups in total. The van der Waals surface area contributed by atoms with Crippen molar-refractivity contribution in [3.63, 3.8) is 0 Å². The summed E-state index contributed by atoms with van der Waals surface area (Å²) in [6.07, 6.45) is 6.71.